The van der Waals surface area contributed by atoms with Gasteiger partial charge in [-0.05, 0) is 13.8 Å². The maximum Gasteiger partial charge on any atom is 0.273 e. The van der Waals surface area contributed by atoms with Gasteiger partial charge in [0, 0.05) is 31.0 Å². The van der Waals surface area contributed by atoms with Gasteiger partial charge >= 0.3 is 0 Å². The highest BCUT2D eigenvalue weighted by Crippen LogP contribution is 2.02. The van der Waals surface area contributed by atoms with Gasteiger partial charge in [0.2, 0.25) is 0 Å². The van der Waals surface area contributed by atoms with Crippen LogP contribution in [0.15, 0.2) is 29.3 Å². The minimum Gasteiger partial charge on any atom is -0.361 e. The van der Waals surface area contributed by atoms with Crippen molar-refractivity contribution in [3.05, 3.63) is 36.2 Å². The summed E-state index contributed by atoms with van der Waals surface area (Å²) in [6, 6.07) is 1.60. The maximum atomic E-state index is 11.7. The molecule has 2 rings (SSSR count). The summed E-state index contributed by atoms with van der Waals surface area (Å²) in [5.41, 5.74) is 0.306. The highest BCUT2D eigenvalue weighted by molar-refractivity contribution is 5.92. The van der Waals surface area contributed by atoms with Crippen LogP contribution in [0.25, 0.3) is 0 Å². The molecule has 0 bridgehead atoms. The number of hydrogen-bond donors (Lipinski definition) is 1. The van der Waals surface area contributed by atoms with E-state index in [-0.39, 0.29) is 11.9 Å². The van der Waals surface area contributed by atoms with Crippen molar-refractivity contribution in [1.82, 2.24) is 20.0 Å². The SMILES string of the molecule is Cc1cc(C(=O)NC(C)Cn2ccnc2)no1. The van der Waals surface area contributed by atoms with Crippen molar-refractivity contribution in [2.75, 3.05) is 0 Å². The zero-order chi connectivity index (χ0) is 12.3. The molecule has 0 aliphatic carbocycles. The molecule has 0 aromatic carbocycles. The number of rotatable bonds is 4. The Morgan fingerprint density at radius 1 is 1.65 bits per heavy atom. The standard InChI is InChI=1S/C11H14N4O2/c1-8(6-15-4-3-12-7-15)13-11(16)10-5-9(2)17-14-10/h3-5,7-8H,6H2,1-2H3,(H,13,16). The van der Waals surface area contributed by atoms with Gasteiger partial charge in [0.1, 0.15) is 5.76 Å². The van der Waals surface area contributed by atoms with E-state index in [1.807, 2.05) is 17.7 Å². The van der Waals surface area contributed by atoms with Crippen LogP contribution in [0, 0.1) is 6.92 Å². The fourth-order valence-electron chi connectivity index (χ4n) is 1.53. The molecule has 1 unspecified atom stereocenters. The zero-order valence-corrected chi connectivity index (χ0v) is 9.75. The molecule has 0 aliphatic heterocycles. The van der Waals surface area contributed by atoms with Crippen LogP contribution in [-0.2, 0) is 6.54 Å². The van der Waals surface area contributed by atoms with E-state index in [9.17, 15) is 4.79 Å². The summed E-state index contributed by atoms with van der Waals surface area (Å²) in [6.07, 6.45) is 5.27. The molecule has 1 amide bonds. The molecule has 90 valence electrons. The molecule has 1 N–H and O–H groups in total. The minimum atomic E-state index is -0.227. The lowest BCUT2D eigenvalue weighted by Crippen LogP contribution is -2.35. The molecule has 2 aromatic rings. The van der Waals surface area contributed by atoms with E-state index in [2.05, 4.69) is 15.5 Å². The second-order valence-corrected chi connectivity index (χ2v) is 3.96. The smallest absolute Gasteiger partial charge is 0.273 e. The first-order chi connectivity index (χ1) is 8.15. The van der Waals surface area contributed by atoms with Gasteiger partial charge in [-0.3, -0.25) is 4.79 Å². The van der Waals surface area contributed by atoms with Crippen molar-refractivity contribution in [3.63, 3.8) is 0 Å². The van der Waals surface area contributed by atoms with Crippen LogP contribution >= 0.6 is 0 Å². The molecule has 0 saturated heterocycles. The molecular formula is C11H14N4O2. The molecule has 0 radical (unpaired) electrons. The van der Waals surface area contributed by atoms with Gasteiger partial charge in [0.25, 0.3) is 5.91 Å². The van der Waals surface area contributed by atoms with E-state index < -0.39 is 0 Å². The van der Waals surface area contributed by atoms with E-state index in [4.69, 9.17) is 4.52 Å². The Balaban J connectivity index is 1.90. The summed E-state index contributed by atoms with van der Waals surface area (Å²) in [4.78, 5) is 15.7. The molecule has 0 fully saturated rings. The number of amides is 1. The van der Waals surface area contributed by atoms with Crippen LogP contribution in [0.1, 0.15) is 23.2 Å². The summed E-state index contributed by atoms with van der Waals surface area (Å²) in [5.74, 6) is 0.395. The van der Waals surface area contributed by atoms with Crippen LogP contribution in [-0.4, -0.2) is 26.7 Å². The van der Waals surface area contributed by atoms with Crippen molar-refractivity contribution in [2.45, 2.75) is 26.4 Å². The molecule has 0 spiro atoms. The fourth-order valence-corrected chi connectivity index (χ4v) is 1.53. The van der Waals surface area contributed by atoms with Crippen LogP contribution < -0.4 is 5.32 Å². The topological polar surface area (TPSA) is 73.0 Å². The first-order valence-electron chi connectivity index (χ1n) is 5.35. The van der Waals surface area contributed by atoms with Crippen LogP contribution in [0.2, 0.25) is 0 Å². The summed E-state index contributed by atoms with van der Waals surface area (Å²) in [6.45, 7) is 4.34. The largest absolute Gasteiger partial charge is 0.361 e. The highest BCUT2D eigenvalue weighted by atomic mass is 16.5. The highest BCUT2D eigenvalue weighted by Gasteiger charge is 2.13. The van der Waals surface area contributed by atoms with Gasteiger partial charge in [0.15, 0.2) is 5.69 Å². The lowest BCUT2D eigenvalue weighted by Gasteiger charge is -2.12. The van der Waals surface area contributed by atoms with Crippen molar-refractivity contribution >= 4 is 5.91 Å². The monoisotopic (exact) mass is 234 g/mol. The van der Waals surface area contributed by atoms with Crippen LogP contribution in [0.5, 0.6) is 0 Å². The Labute approximate surface area is 98.6 Å². The molecule has 0 saturated carbocycles. The third-order valence-corrected chi connectivity index (χ3v) is 2.28. The third-order valence-electron chi connectivity index (χ3n) is 2.28. The Kier molecular flexibility index (Phi) is 3.22. The van der Waals surface area contributed by atoms with Gasteiger partial charge in [0.05, 0.1) is 6.33 Å². The lowest BCUT2D eigenvalue weighted by atomic mass is 10.3. The molecule has 2 aromatic heterocycles. The van der Waals surface area contributed by atoms with E-state index in [1.165, 1.54) is 0 Å². The average molecular weight is 234 g/mol. The van der Waals surface area contributed by atoms with Gasteiger partial charge in [-0.25, -0.2) is 4.98 Å². The average Bonchev–Trinajstić information content (AvgIpc) is 2.89. The summed E-state index contributed by atoms with van der Waals surface area (Å²) < 4.78 is 6.75. The lowest BCUT2D eigenvalue weighted by molar-refractivity contribution is 0.0927. The quantitative estimate of drug-likeness (QED) is 0.856. The van der Waals surface area contributed by atoms with Crippen molar-refractivity contribution in [1.29, 1.82) is 0 Å². The van der Waals surface area contributed by atoms with Gasteiger partial charge in [-0.1, -0.05) is 5.16 Å². The Bertz CT molecular complexity index is 489. The first-order valence-corrected chi connectivity index (χ1v) is 5.35. The van der Waals surface area contributed by atoms with Crippen molar-refractivity contribution < 1.29 is 9.32 Å². The Hall–Kier alpha value is -2.11. The second-order valence-electron chi connectivity index (χ2n) is 3.96. The van der Waals surface area contributed by atoms with Gasteiger partial charge in [-0.15, -0.1) is 0 Å². The predicted molar refractivity (Wildman–Crippen MR) is 60.4 cm³/mol. The van der Waals surface area contributed by atoms with Gasteiger partial charge in [-0.2, -0.15) is 0 Å². The van der Waals surface area contributed by atoms with Crippen molar-refractivity contribution in [3.8, 4) is 0 Å². The minimum absolute atomic E-state index is 0.00583. The number of nitrogens with one attached hydrogen (secondary N) is 1. The normalized spacial score (nSPS) is 12.4. The van der Waals surface area contributed by atoms with Crippen LogP contribution in [0.3, 0.4) is 0 Å². The van der Waals surface area contributed by atoms with E-state index in [0.29, 0.717) is 18.0 Å². The maximum absolute atomic E-state index is 11.7. The van der Waals surface area contributed by atoms with Crippen molar-refractivity contribution in [2.24, 2.45) is 0 Å². The number of aromatic nitrogens is 3. The van der Waals surface area contributed by atoms with E-state index in [0.717, 1.165) is 0 Å². The van der Waals surface area contributed by atoms with Gasteiger partial charge < -0.3 is 14.4 Å². The molecule has 6 heteroatoms. The second kappa shape index (κ2) is 4.82. The molecule has 0 aliphatic rings. The summed E-state index contributed by atoms with van der Waals surface area (Å²) in [7, 11) is 0. The van der Waals surface area contributed by atoms with E-state index >= 15 is 0 Å². The fraction of sp³-hybridized carbons (Fsp3) is 0.364. The third kappa shape index (κ3) is 2.93. The van der Waals surface area contributed by atoms with E-state index in [1.54, 1.807) is 25.5 Å². The number of imidazole rings is 1. The number of carbonyl (C=O) groups excluding carboxylic acids is 1. The summed E-state index contributed by atoms with van der Waals surface area (Å²) in [5, 5.41) is 6.50. The molecule has 2 heterocycles. The number of nitrogens with zero attached hydrogens (tertiary/aromatic N) is 3. The molecule has 17 heavy (non-hydrogen) atoms. The number of carbonyl (C=O) groups is 1. The van der Waals surface area contributed by atoms with Crippen LogP contribution in [0.4, 0.5) is 0 Å². The Morgan fingerprint density at radius 3 is 3.06 bits per heavy atom. The number of aryl methyl sites for hydroxylation is 1. The first kappa shape index (κ1) is 11.4. The number of hydrogen-bond acceptors (Lipinski definition) is 4. The molecule has 1 atom stereocenters. The Morgan fingerprint density at radius 2 is 2.47 bits per heavy atom. The molecular weight excluding hydrogens is 220 g/mol. The zero-order valence-electron chi connectivity index (χ0n) is 9.75. The summed E-state index contributed by atoms with van der Waals surface area (Å²) >= 11 is 0. The predicted octanol–water partition coefficient (Wildman–Crippen LogP) is 0.998. The molecule has 6 nitrogen and oxygen atoms in total.